The molecule has 3 heteroatoms. The molecule has 66 valence electrons. The molecule has 0 aromatic heterocycles. The molecule has 12 heavy (non-hydrogen) atoms. The lowest BCUT2D eigenvalue weighted by Crippen LogP contribution is -2.25. The molecule has 0 amide bonds. The summed E-state index contributed by atoms with van der Waals surface area (Å²) in [6, 6.07) is 0. The Hall–Kier alpha value is -0.830. The van der Waals surface area contributed by atoms with Gasteiger partial charge in [0.05, 0.1) is 24.7 Å². The molecule has 0 aromatic carbocycles. The van der Waals surface area contributed by atoms with Crippen LogP contribution in [0.4, 0.5) is 0 Å². The second kappa shape index (κ2) is 2.90. The minimum absolute atomic E-state index is 0.0194. The first-order valence-corrected chi connectivity index (χ1v) is 4.31. The van der Waals surface area contributed by atoms with Crippen molar-refractivity contribution in [2.45, 2.75) is 25.6 Å². The van der Waals surface area contributed by atoms with Gasteiger partial charge >= 0.3 is 5.97 Å². The Balaban J connectivity index is 1.98. The van der Waals surface area contributed by atoms with Gasteiger partial charge in [-0.05, 0) is 13.3 Å². The van der Waals surface area contributed by atoms with Gasteiger partial charge in [0.1, 0.15) is 0 Å². The third-order valence-corrected chi connectivity index (χ3v) is 2.32. The number of carbonyl (C=O) groups excluding carboxylic acids is 1. The van der Waals surface area contributed by atoms with Crippen LogP contribution in [0.3, 0.4) is 0 Å². The maximum atomic E-state index is 11.3. The molecule has 0 radical (unpaired) electrons. The summed E-state index contributed by atoms with van der Waals surface area (Å²) in [6.07, 6.45) is 4.90. The number of hydrogen-bond acceptors (Lipinski definition) is 3. The summed E-state index contributed by atoms with van der Waals surface area (Å²) >= 11 is 0. The molecular weight excluding hydrogens is 156 g/mol. The van der Waals surface area contributed by atoms with E-state index in [0.29, 0.717) is 6.61 Å². The Labute approximate surface area is 71.3 Å². The molecule has 2 aliphatic rings. The summed E-state index contributed by atoms with van der Waals surface area (Å²) in [4.78, 5) is 11.3. The van der Waals surface area contributed by atoms with Gasteiger partial charge < -0.3 is 9.47 Å². The first-order valence-electron chi connectivity index (χ1n) is 4.31. The minimum atomic E-state index is -0.116. The highest BCUT2D eigenvalue weighted by atomic mass is 16.5. The van der Waals surface area contributed by atoms with Crippen LogP contribution in [0, 0.1) is 5.92 Å². The Kier molecular flexibility index (Phi) is 1.89. The molecule has 3 atom stereocenters. The number of ether oxygens (including phenoxy) is 2. The average Bonchev–Trinajstić information content (AvgIpc) is 2.64. The van der Waals surface area contributed by atoms with E-state index in [-0.39, 0.29) is 24.1 Å². The van der Waals surface area contributed by atoms with Crippen molar-refractivity contribution in [2.75, 3.05) is 6.61 Å². The fraction of sp³-hybridized carbons (Fsp3) is 0.667. The van der Waals surface area contributed by atoms with Gasteiger partial charge in [-0.15, -0.1) is 0 Å². The summed E-state index contributed by atoms with van der Waals surface area (Å²) in [5.74, 6) is -0.172. The van der Waals surface area contributed by atoms with E-state index in [4.69, 9.17) is 9.47 Å². The zero-order valence-electron chi connectivity index (χ0n) is 7.03. The Morgan fingerprint density at radius 3 is 3.00 bits per heavy atom. The van der Waals surface area contributed by atoms with E-state index < -0.39 is 0 Å². The van der Waals surface area contributed by atoms with E-state index in [1.165, 1.54) is 0 Å². The van der Waals surface area contributed by atoms with Gasteiger partial charge in [-0.2, -0.15) is 0 Å². The number of rotatable bonds is 2. The van der Waals surface area contributed by atoms with E-state index >= 15 is 0 Å². The minimum Gasteiger partial charge on any atom is -0.466 e. The largest absolute Gasteiger partial charge is 0.466 e. The monoisotopic (exact) mass is 168 g/mol. The average molecular weight is 168 g/mol. The highest BCUT2D eigenvalue weighted by molar-refractivity contribution is 5.74. The topological polar surface area (TPSA) is 35.5 Å². The van der Waals surface area contributed by atoms with Gasteiger partial charge in [0.25, 0.3) is 0 Å². The maximum Gasteiger partial charge on any atom is 0.312 e. The van der Waals surface area contributed by atoms with Crippen LogP contribution < -0.4 is 0 Å². The van der Waals surface area contributed by atoms with Gasteiger partial charge in [0, 0.05) is 0 Å². The van der Waals surface area contributed by atoms with Crippen LogP contribution in [0.25, 0.3) is 0 Å². The van der Waals surface area contributed by atoms with E-state index in [0.717, 1.165) is 6.42 Å². The quantitative estimate of drug-likeness (QED) is 0.454. The lowest BCUT2D eigenvalue weighted by molar-refractivity contribution is -0.148. The normalized spacial score (nSPS) is 37.2. The van der Waals surface area contributed by atoms with Gasteiger partial charge in [0.15, 0.2) is 0 Å². The van der Waals surface area contributed by atoms with E-state index in [9.17, 15) is 4.79 Å². The molecule has 0 aromatic rings. The predicted molar refractivity (Wildman–Crippen MR) is 42.5 cm³/mol. The van der Waals surface area contributed by atoms with Crippen molar-refractivity contribution in [3.8, 4) is 0 Å². The molecular formula is C9H12O3. The number of hydrogen-bond donors (Lipinski definition) is 0. The molecule has 1 saturated heterocycles. The van der Waals surface area contributed by atoms with Crippen molar-refractivity contribution >= 4 is 5.97 Å². The third kappa shape index (κ3) is 1.14. The molecule has 0 saturated carbocycles. The van der Waals surface area contributed by atoms with Crippen molar-refractivity contribution in [3.05, 3.63) is 12.2 Å². The molecule has 0 aliphatic carbocycles. The van der Waals surface area contributed by atoms with Crippen LogP contribution >= 0.6 is 0 Å². The fourth-order valence-electron chi connectivity index (χ4n) is 1.75. The van der Waals surface area contributed by atoms with Crippen molar-refractivity contribution in [1.82, 2.24) is 0 Å². The van der Waals surface area contributed by atoms with Crippen LogP contribution in [0.1, 0.15) is 13.3 Å². The molecule has 2 heterocycles. The smallest absolute Gasteiger partial charge is 0.312 e. The second-order valence-electron chi connectivity index (χ2n) is 3.12. The van der Waals surface area contributed by atoms with Crippen LogP contribution in [0.2, 0.25) is 0 Å². The lowest BCUT2D eigenvalue weighted by Gasteiger charge is -2.12. The fourth-order valence-corrected chi connectivity index (χ4v) is 1.75. The summed E-state index contributed by atoms with van der Waals surface area (Å²) in [6.45, 7) is 2.28. The summed E-state index contributed by atoms with van der Waals surface area (Å²) in [7, 11) is 0. The SMILES string of the molecule is CCOC(=O)[C@@H]1C[C@H]2C=C[C@H]1O2. The van der Waals surface area contributed by atoms with Crippen LogP contribution in [-0.4, -0.2) is 24.8 Å². The summed E-state index contributed by atoms with van der Waals surface area (Å²) in [5.41, 5.74) is 0. The zero-order chi connectivity index (χ0) is 8.55. The predicted octanol–water partition coefficient (Wildman–Crippen LogP) is 0.893. The number of esters is 1. The van der Waals surface area contributed by atoms with Crippen LogP contribution in [0.15, 0.2) is 12.2 Å². The maximum absolute atomic E-state index is 11.3. The number of carbonyl (C=O) groups is 1. The molecule has 2 bridgehead atoms. The number of fused-ring (bicyclic) bond motifs is 2. The standard InChI is InChI=1S/C9H12O3/c1-2-11-9(10)7-5-6-3-4-8(7)12-6/h3-4,6-8H,2,5H2,1H3/t6-,7-,8-/m1/s1. The summed E-state index contributed by atoms with van der Waals surface area (Å²) in [5, 5.41) is 0. The molecule has 0 N–H and O–H groups in total. The van der Waals surface area contributed by atoms with E-state index in [1.807, 2.05) is 19.1 Å². The lowest BCUT2D eigenvalue weighted by atomic mass is 9.95. The van der Waals surface area contributed by atoms with Gasteiger partial charge in [-0.25, -0.2) is 0 Å². The Morgan fingerprint density at radius 1 is 1.67 bits per heavy atom. The molecule has 0 spiro atoms. The van der Waals surface area contributed by atoms with Crippen molar-refractivity contribution < 1.29 is 14.3 Å². The first-order chi connectivity index (χ1) is 5.81. The second-order valence-corrected chi connectivity index (χ2v) is 3.12. The van der Waals surface area contributed by atoms with Crippen LogP contribution in [-0.2, 0) is 14.3 Å². The highest BCUT2D eigenvalue weighted by Crippen LogP contribution is 2.34. The highest BCUT2D eigenvalue weighted by Gasteiger charge is 2.41. The Bertz CT molecular complexity index is 222. The van der Waals surface area contributed by atoms with Gasteiger partial charge in [0.2, 0.25) is 0 Å². The first kappa shape index (κ1) is 7.80. The molecule has 2 aliphatic heterocycles. The van der Waals surface area contributed by atoms with Crippen molar-refractivity contribution in [3.63, 3.8) is 0 Å². The van der Waals surface area contributed by atoms with Gasteiger partial charge in [-0.3, -0.25) is 4.79 Å². The summed E-state index contributed by atoms with van der Waals surface area (Å²) < 4.78 is 10.4. The van der Waals surface area contributed by atoms with E-state index in [2.05, 4.69) is 0 Å². The van der Waals surface area contributed by atoms with Gasteiger partial charge in [-0.1, -0.05) is 12.2 Å². The molecule has 2 rings (SSSR count). The molecule has 0 unspecified atom stereocenters. The van der Waals surface area contributed by atoms with Crippen LogP contribution in [0.5, 0.6) is 0 Å². The molecule has 3 nitrogen and oxygen atoms in total. The Morgan fingerprint density at radius 2 is 2.50 bits per heavy atom. The third-order valence-electron chi connectivity index (χ3n) is 2.32. The molecule has 1 fully saturated rings. The van der Waals surface area contributed by atoms with Crippen molar-refractivity contribution in [1.29, 1.82) is 0 Å². The van der Waals surface area contributed by atoms with Crippen molar-refractivity contribution in [2.24, 2.45) is 5.92 Å². The zero-order valence-corrected chi connectivity index (χ0v) is 7.03. The van der Waals surface area contributed by atoms with E-state index in [1.54, 1.807) is 0 Å².